The van der Waals surface area contributed by atoms with Crippen molar-refractivity contribution in [3.8, 4) is 0 Å². The minimum Gasteiger partial charge on any atom is -0.349 e. The molecule has 1 atom stereocenters. The van der Waals surface area contributed by atoms with Crippen LogP contribution in [0.1, 0.15) is 35.6 Å². The molecule has 1 saturated heterocycles. The van der Waals surface area contributed by atoms with Crippen LogP contribution in [0.4, 0.5) is 39.5 Å². The monoisotopic (exact) mass is 807 g/mol. The maximum absolute atomic E-state index is 14.6. The minimum absolute atomic E-state index is 0.0140. The average Bonchev–Trinajstić information content (AvgIpc) is 3.57. The molecule has 18 heteroatoms. The molecule has 0 bridgehead atoms. The second kappa shape index (κ2) is 14.7. The van der Waals surface area contributed by atoms with E-state index in [2.05, 4.69) is 4.74 Å². The van der Waals surface area contributed by atoms with Crippen LogP contribution >= 0.6 is 0 Å². The van der Waals surface area contributed by atoms with Gasteiger partial charge in [-0.1, -0.05) is 49.4 Å². The van der Waals surface area contributed by atoms with Gasteiger partial charge < -0.3 is 9.64 Å². The first-order valence-corrected chi connectivity index (χ1v) is 19.1. The van der Waals surface area contributed by atoms with Gasteiger partial charge in [0.15, 0.2) is 19.7 Å². The van der Waals surface area contributed by atoms with E-state index in [1.807, 2.05) is 0 Å². The minimum atomic E-state index is -6.26. The Hall–Kier alpha value is -4.42. The predicted molar refractivity (Wildman–Crippen MR) is 176 cm³/mol. The zero-order valence-corrected chi connectivity index (χ0v) is 29.7. The summed E-state index contributed by atoms with van der Waals surface area (Å²) in [5.41, 5.74) is -7.88. The fourth-order valence-electron chi connectivity index (χ4n) is 6.31. The van der Waals surface area contributed by atoms with Crippen LogP contribution in [0, 0.1) is 17.5 Å². The van der Waals surface area contributed by atoms with E-state index in [1.165, 1.54) is 31.2 Å². The molecule has 1 fully saturated rings. The van der Waals surface area contributed by atoms with E-state index >= 15 is 0 Å². The van der Waals surface area contributed by atoms with Gasteiger partial charge in [0.05, 0.1) is 28.6 Å². The fraction of sp³-hybridized carbons (Fsp3) is 0.306. The molecule has 1 aliphatic heterocycles. The largest absolute Gasteiger partial charge is 0.430 e. The number of hydrogen-bond acceptors (Lipinski definition) is 6. The second-order valence-electron chi connectivity index (χ2n) is 12.5. The Labute approximate surface area is 304 Å². The van der Waals surface area contributed by atoms with Crippen LogP contribution in [0.5, 0.6) is 0 Å². The molecular formula is C36H30F9NO6S2. The maximum Gasteiger partial charge on any atom is 0.430 e. The first kappa shape index (κ1) is 40.8. The number of amides is 1. The number of halogens is 9. The zero-order valence-electron chi connectivity index (χ0n) is 28.0. The maximum atomic E-state index is 14.6. The molecule has 0 unspecified atom stereocenters. The molecule has 4 aromatic carbocycles. The van der Waals surface area contributed by atoms with Gasteiger partial charge in [0.25, 0.3) is 5.60 Å². The lowest BCUT2D eigenvalue weighted by Crippen LogP contribution is -2.56. The van der Waals surface area contributed by atoms with E-state index < -0.39 is 101 Å². The molecule has 4 aromatic rings. The topological polar surface area (TPSA) is 97.8 Å². The number of nitrogens with zero attached hydrogens (tertiary/aromatic N) is 1. The Morgan fingerprint density at radius 1 is 0.759 bits per heavy atom. The van der Waals surface area contributed by atoms with Crippen LogP contribution in [0.25, 0.3) is 0 Å². The summed E-state index contributed by atoms with van der Waals surface area (Å²) in [6.45, 7) is -1.21. The summed E-state index contributed by atoms with van der Waals surface area (Å²) in [5.74, 6) is -4.52. The summed E-state index contributed by atoms with van der Waals surface area (Å²) in [7, 11) is -8.23. The van der Waals surface area contributed by atoms with Crippen molar-refractivity contribution in [2.75, 3.05) is 18.8 Å². The third kappa shape index (κ3) is 7.34. The molecule has 0 saturated carbocycles. The number of sulfone groups is 2. The molecule has 0 aromatic heterocycles. The number of rotatable bonds is 11. The SMILES string of the molecule is CCS(=O)(=O)c1ccc(CC(=O)N2CC[C@@](c3ccc(C(OCc4c(F)cccc4F)(C(F)(F)F)C(F)(F)F)cc3)(S(=O)(=O)c3ccc(F)cc3)C2)cc1. The molecule has 0 spiro atoms. The van der Waals surface area contributed by atoms with Gasteiger partial charge in [-0.05, 0) is 66.1 Å². The highest BCUT2D eigenvalue weighted by Crippen LogP contribution is 2.54. The Morgan fingerprint density at radius 3 is 1.81 bits per heavy atom. The Bertz CT molecular complexity index is 2190. The molecular weight excluding hydrogens is 778 g/mol. The van der Waals surface area contributed by atoms with Crippen molar-refractivity contribution >= 4 is 25.6 Å². The lowest BCUT2D eigenvalue weighted by atomic mass is 9.88. The number of alkyl halides is 6. The van der Waals surface area contributed by atoms with Crippen molar-refractivity contribution in [1.29, 1.82) is 0 Å². The summed E-state index contributed by atoms with van der Waals surface area (Å²) in [5, 5.41) is 0. The lowest BCUT2D eigenvalue weighted by molar-refractivity contribution is -0.392. The summed E-state index contributed by atoms with van der Waals surface area (Å²) in [4.78, 5) is 14.2. The number of carbonyl (C=O) groups is 1. The van der Waals surface area contributed by atoms with Gasteiger partial charge in [0, 0.05) is 24.2 Å². The van der Waals surface area contributed by atoms with Crippen molar-refractivity contribution in [3.63, 3.8) is 0 Å². The average molecular weight is 808 g/mol. The number of ether oxygens (including phenoxy) is 1. The van der Waals surface area contributed by atoms with Crippen LogP contribution in [0.15, 0.2) is 101 Å². The van der Waals surface area contributed by atoms with Crippen LogP contribution < -0.4 is 0 Å². The van der Waals surface area contributed by atoms with E-state index in [-0.39, 0.29) is 29.2 Å². The third-order valence-electron chi connectivity index (χ3n) is 9.35. The highest BCUT2D eigenvalue weighted by atomic mass is 32.2. The first-order valence-electron chi connectivity index (χ1n) is 16.0. The smallest absolute Gasteiger partial charge is 0.349 e. The molecule has 0 aliphatic carbocycles. The molecule has 7 nitrogen and oxygen atoms in total. The highest BCUT2D eigenvalue weighted by molar-refractivity contribution is 7.92. The summed E-state index contributed by atoms with van der Waals surface area (Å²) in [6, 6.07) is 13.1. The molecule has 5 rings (SSSR count). The van der Waals surface area contributed by atoms with E-state index in [0.717, 1.165) is 35.2 Å². The lowest BCUT2D eigenvalue weighted by Gasteiger charge is -2.38. The van der Waals surface area contributed by atoms with E-state index in [4.69, 9.17) is 0 Å². The molecule has 54 heavy (non-hydrogen) atoms. The van der Waals surface area contributed by atoms with Gasteiger partial charge in [-0.3, -0.25) is 4.79 Å². The van der Waals surface area contributed by atoms with Gasteiger partial charge >= 0.3 is 12.4 Å². The number of carbonyl (C=O) groups excluding carboxylic acids is 1. The molecule has 290 valence electrons. The summed E-state index contributed by atoms with van der Waals surface area (Å²) >= 11 is 0. The van der Waals surface area contributed by atoms with Crippen LogP contribution in [0.2, 0.25) is 0 Å². The first-order chi connectivity index (χ1) is 25.1. The second-order valence-corrected chi connectivity index (χ2v) is 17.0. The summed E-state index contributed by atoms with van der Waals surface area (Å²) < 4.78 is 185. The number of hydrogen-bond donors (Lipinski definition) is 0. The highest BCUT2D eigenvalue weighted by Gasteiger charge is 2.73. The third-order valence-corrected chi connectivity index (χ3v) is 13.6. The van der Waals surface area contributed by atoms with E-state index in [0.29, 0.717) is 42.0 Å². The predicted octanol–water partition coefficient (Wildman–Crippen LogP) is 7.58. The Kier molecular flexibility index (Phi) is 11.1. The van der Waals surface area contributed by atoms with E-state index in [9.17, 15) is 61.1 Å². The standard InChI is InChI=1S/C36H30F9NO6S2/c1-2-53(48,49)27-14-6-23(7-15-27)20-32(47)46-19-18-33(22-46,54(50,51)28-16-12-26(37)13-17-28)24-8-10-25(11-9-24)34(35(40,41)42,36(43,44)45)52-21-29-30(38)4-3-5-31(29)39/h3-17H,2,18-22H2,1H3/t33-/m1/s1. The van der Waals surface area contributed by atoms with Crippen molar-refractivity contribution < 1.29 is 65.9 Å². The van der Waals surface area contributed by atoms with Crippen molar-refractivity contribution in [2.24, 2.45) is 0 Å². The summed E-state index contributed by atoms with van der Waals surface area (Å²) in [6.07, 6.45) is -13.2. The Morgan fingerprint density at radius 2 is 1.30 bits per heavy atom. The van der Waals surface area contributed by atoms with Crippen LogP contribution in [0.3, 0.4) is 0 Å². The van der Waals surface area contributed by atoms with Gasteiger partial charge in [-0.15, -0.1) is 0 Å². The van der Waals surface area contributed by atoms with Crippen molar-refractivity contribution in [3.05, 3.63) is 131 Å². The molecule has 0 radical (unpaired) electrons. The normalized spacial score (nSPS) is 17.2. The van der Waals surface area contributed by atoms with Crippen LogP contribution in [-0.2, 0) is 52.6 Å². The van der Waals surface area contributed by atoms with E-state index in [1.54, 1.807) is 0 Å². The fourth-order valence-corrected chi connectivity index (χ4v) is 9.27. The van der Waals surface area contributed by atoms with Crippen LogP contribution in [-0.4, -0.2) is 58.8 Å². The van der Waals surface area contributed by atoms with Crippen molar-refractivity contribution in [1.82, 2.24) is 4.90 Å². The molecule has 1 aliphatic rings. The van der Waals surface area contributed by atoms with Crippen molar-refractivity contribution in [2.45, 2.75) is 58.9 Å². The Balaban J connectivity index is 1.55. The zero-order chi connectivity index (χ0) is 39.9. The molecule has 1 amide bonds. The molecule has 1 heterocycles. The quantitative estimate of drug-likeness (QED) is 0.115. The number of benzene rings is 4. The number of likely N-dealkylation sites (tertiary alicyclic amines) is 1. The van der Waals surface area contributed by atoms with Gasteiger partial charge in [-0.25, -0.2) is 30.0 Å². The van der Waals surface area contributed by atoms with Gasteiger partial charge in [0.1, 0.15) is 22.2 Å². The molecule has 0 N–H and O–H groups in total. The van der Waals surface area contributed by atoms with Gasteiger partial charge in [0.2, 0.25) is 5.91 Å². The van der Waals surface area contributed by atoms with Gasteiger partial charge in [-0.2, -0.15) is 26.3 Å².